The summed E-state index contributed by atoms with van der Waals surface area (Å²) in [6, 6.07) is 13.8. The van der Waals surface area contributed by atoms with Crippen LogP contribution in [0.25, 0.3) is 21.7 Å². The second-order valence-electron chi connectivity index (χ2n) is 3.86. The van der Waals surface area contributed by atoms with Crippen molar-refractivity contribution in [2.75, 3.05) is 0 Å². The first kappa shape index (κ1) is 10.2. The lowest BCUT2D eigenvalue weighted by Gasteiger charge is -2.11. The van der Waals surface area contributed by atoms with Crippen molar-refractivity contribution in [2.24, 2.45) is 0 Å². The quantitative estimate of drug-likeness (QED) is 0.370. The van der Waals surface area contributed by atoms with Crippen LogP contribution in [-0.2, 0) is 12.6 Å². The fourth-order valence-corrected chi connectivity index (χ4v) is 2.19. The number of nitrogens with zero attached hydrogens (tertiary/aromatic N) is 1. The highest BCUT2D eigenvalue weighted by Crippen LogP contribution is 2.25. The van der Waals surface area contributed by atoms with Crippen molar-refractivity contribution in [3.63, 3.8) is 0 Å². The Hall–Kier alpha value is -2.00. The zero-order chi connectivity index (χ0) is 11.8. The second kappa shape index (κ2) is 3.79. The molecule has 0 unspecified atom stereocenters. The molecule has 82 valence electrons. The van der Waals surface area contributed by atoms with Gasteiger partial charge < -0.3 is 12.6 Å². The fraction of sp³-hybridized carbons (Fsp3) is 0. The third kappa shape index (κ3) is 1.56. The molecule has 0 saturated carbocycles. The number of hydrogen-bond acceptors (Lipinski definition) is 3. The minimum Gasteiger partial charge on any atom is -0.759 e. The van der Waals surface area contributed by atoms with Crippen LogP contribution in [0.5, 0.6) is 0 Å². The van der Waals surface area contributed by atoms with Gasteiger partial charge >= 0.3 is 0 Å². The Labute approximate surface area is 104 Å². The molecule has 0 atom stereocenters. The van der Waals surface area contributed by atoms with Crippen molar-refractivity contribution in [2.45, 2.75) is 5.03 Å². The number of pyridine rings is 1. The minimum absolute atomic E-state index is 0.365. The Balaban J connectivity index is 2.50. The zero-order valence-corrected chi connectivity index (χ0v) is 9.70. The van der Waals surface area contributed by atoms with Crippen LogP contribution in [-0.4, -0.2) is 11.3 Å². The molecule has 3 aromatic rings. The standard InChI is InChI=1S/C14H9NOS/c16-8-11-7-10-6-5-9-3-1-2-4-12(9)13(10)15-14(11)17/h1-8H,(H,15,17)/p-1. The molecule has 0 bridgehead atoms. The lowest BCUT2D eigenvalue weighted by atomic mass is 10.1. The monoisotopic (exact) mass is 238 g/mol. The van der Waals surface area contributed by atoms with Crippen LogP contribution in [0.15, 0.2) is 47.5 Å². The maximum atomic E-state index is 10.8. The van der Waals surface area contributed by atoms with Gasteiger partial charge in [-0.3, -0.25) is 9.78 Å². The van der Waals surface area contributed by atoms with E-state index in [1.807, 2.05) is 36.4 Å². The summed E-state index contributed by atoms with van der Waals surface area (Å²) in [6.07, 6.45) is 0.754. The van der Waals surface area contributed by atoms with E-state index in [0.717, 1.165) is 28.0 Å². The van der Waals surface area contributed by atoms with E-state index in [2.05, 4.69) is 4.98 Å². The number of aldehydes is 1. The summed E-state index contributed by atoms with van der Waals surface area (Å²) >= 11 is 5.10. The maximum absolute atomic E-state index is 10.8. The van der Waals surface area contributed by atoms with Crippen molar-refractivity contribution in [3.8, 4) is 0 Å². The van der Waals surface area contributed by atoms with Gasteiger partial charge in [0.1, 0.15) is 6.29 Å². The van der Waals surface area contributed by atoms with Crippen LogP contribution in [0.2, 0.25) is 0 Å². The van der Waals surface area contributed by atoms with Gasteiger partial charge in [0.25, 0.3) is 0 Å². The zero-order valence-electron chi connectivity index (χ0n) is 8.88. The van der Waals surface area contributed by atoms with Crippen LogP contribution < -0.4 is 0 Å². The van der Waals surface area contributed by atoms with Crippen molar-refractivity contribution < 1.29 is 4.79 Å². The predicted octanol–water partition coefficient (Wildman–Crippen LogP) is 3.11. The molecule has 2 nitrogen and oxygen atoms in total. The summed E-state index contributed by atoms with van der Waals surface area (Å²) in [5.41, 5.74) is 1.33. The summed E-state index contributed by atoms with van der Waals surface area (Å²) in [6.45, 7) is 0. The van der Waals surface area contributed by atoms with Crippen molar-refractivity contribution >= 4 is 40.6 Å². The van der Waals surface area contributed by atoms with E-state index in [0.29, 0.717) is 10.6 Å². The van der Waals surface area contributed by atoms with E-state index in [1.54, 1.807) is 6.07 Å². The van der Waals surface area contributed by atoms with Crippen molar-refractivity contribution in [3.05, 3.63) is 48.0 Å². The largest absolute Gasteiger partial charge is 0.759 e. The average molecular weight is 238 g/mol. The van der Waals surface area contributed by atoms with E-state index >= 15 is 0 Å². The molecule has 0 aliphatic rings. The molecule has 1 aromatic heterocycles. The van der Waals surface area contributed by atoms with Crippen molar-refractivity contribution in [1.82, 2.24) is 4.98 Å². The Bertz CT molecular complexity index is 737. The molecule has 1 heterocycles. The SMILES string of the molecule is O=Cc1cc2ccc3ccccc3c2nc1[S-]. The molecule has 0 fully saturated rings. The molecule has 0 spiro atoms. The molecule has 17 heavy (non-hydrogen) atoms. The Morgan fingerprint density at radius 1 is 1.06 bits per heavy atom. The van der Waals surface area contributed by atoms with E-state index in [9.17, 15) is 4.79 Å². The lowest BCUT2D eigenvalue weighted by molar-refractivity contribution is 0.112. The first-order valence-electron chi connectivity index (χ1n) is 5.24. The highest BCUT2D eigenvalue weighted by molar-refractivity contribution is 7.58. The van der Waals surface area contributed by atoms with Crippen LogP contribution in [0.1, 0.15) is 10.4 Å². The van der Waals surface area contributed by atoms with Gasteiger partial charge in [0.2, 0.25) is 0 Å². The number of carbonyl (C=O) groups is 1. The Morgan fingerprint density at radius 2 is 1.82 bits per heavy atom. The molecule has 0 aliphatic carbocycles. The lowest BCUT2D eigenvalue weighted by Crippen LogP contribution is -1.92. The molecular formula is C14H8NOS-. The van der Waals surface area contributed by atoms with Gasteiger partial charge in [0.05, 0.1) is 5.52 Å². The van der Waals surface area contributed by atoms with Gasteiger partial charge in [-0.2, -0.15) is 0 Å². The van der Waals surface area contributed by atoms with Gasteiger partial charge in [-0.25, -0.2) is 0 Å². The van der Waals surface area contributed by atoms with Gasteiger partial charge in [0.15, 0.2) is 0 Å². The van der Waals surface area contributed by atoms with E-state index in [4.69, 9.17) is 12.6 Å². The van der Waals surface area contributed by atoms with Crippen LogP contribution in [0, 0.1) is 0 Å². The molecular weight excluding hydrogens is 230 g/mol. The number of rotatable bonds is 1. The van der Waals surface area contributed by atoms with Crippen LogP contribution >= 0.6 is 0 Å². The number of fused-ring (bicyclic) bond motifs is 3. The molecule has 0 amide bonds. The summed E-state index contributed by atoms with van der Waals surface area (Å²) in [7, 11) is 0. The third-order valence-electron chi connectivity index (χ3n) is 2.83. The van der Waals surface area contributed by atoms with Gasteiger partial charge in [0, 0.05) is 16.3 Å². The topological polar surface area (TPSA) is 30.0 Å². The highest BCUT2D eigenvalue weighted by atomic mass is 32.1. The second-order valence-corrected chi connectivity index (χ2v) is 4.25. The Kier molecular flexibility index (Phi) is 2.27. The Morgan fingerprint density at radius 3 is 2.65 bits per heavy atom. The number of benzene rings is 2. The van der Waals surface area contributed by atoms with E-state index < -0.39 is 0 Å². The predicted molar refractivity (Wildman–Crippen MR) is 70.3 cm³/mol. The van der Waals surface area contributed by atoms with Crippen LogP contribution in [0.3, 0.4) is 0 Å². The normalized spacial score (nSPS) is 10.8. The first-order valence-corrected chi connectivity index (χ1v) is 5.65. The third-order valence-corrected chi connectivity index (χ3v) is 3.16. The van der Waals surface area contributed by atoms with E-state index in [1.165, 1.54) is 0 Å². The first-order chi connectivity index (χ1) is 8.29. The number of aromatic nitrogens is 1. The van der Waals surface area contributed by atoms with Crippen LogP contribution in [0.4, 0.5) is 0 Å². The molecule has 0 N–H and O–H groups in total. The van der Waals surface area contributed by atoms with Crippen molar-refractivity contribution in [1.29, 1.82) is 0 Å². The van der Waals surface area contributed by atoms with Gasteiger partial charge in [-0.15, -0.1) is 0 Å². The maximum Gasteiger partial charge on any atom is 0.150 e. The molecule has 3 heteroatoms. The molecule has 0 aliphatic heterocycles. The molecule has 0 radical (unpaired) electrons. The number of carbonyl (C=O) groups excluding carboxylic acids is 1. The summed E-state index contributed by atoms with van der Waals surface area (Å²) in [5.74, 6) is 0. The van der Waals surface area contributed by atoms with E-state index in [-0.39, 0.29) is 0 Å². The number of hydrogen-bond donors (Lipinski definition) is 0. The van der Waals surface area contributed by atoms with Gasteiger partial charge in [-0.1, -0.05) is 41.4 Å². The summed E-state index contributed by atoms with van der Waals surface area (Å²) in [5, 5.41) is 3.50. The van der Waals surface area contributed by atoms with Gasteiger partial charge in [-0.05, 0) is 11.5 Å². The smallest absolute Gasteiger partial charge is 0.150 e. The molecule has 0 saturated heterocycles. The average Bonchev–Trinajstić information content (AvgIpc) is 2.38. The molecule has 3 rings (SSSR count). The molecule has 2 aromatic carbocycles. The summed E-state index contributed by atoms with van der Waals surface area (Å²) in [4.78, 5) is 15.2. The minimum atomic E-state index is 0.365. The fourth-order valence-electron chi connectivity index (χ4n) is 1.99. The summed E-state index contributed by atoms with van der Waals surface area (Å²) < 4.78 is 0. The highest BCUT2D eigenvalue weighted by Gasteiger charge is 2.02.